The molecule has 0 aliphatic heterocycles. The highest BCUT2D eigenvalue weighted by molar-refractivity contribution is 5.82. The second kappa shape index (κ2) is 7.20. The topological polar surface area (TPSA) is 38.3 Å². The first-order valence-corrected chi connectivity index (χ1v) is 8.59. The third-order valence-electron chi connectivity index (χ3n) is 4.38. The Morgan fingerprint density at radius 1 is 1.13 bits per heavy atom. The molecule has 1 N–H and O–H groups in total. The van der Waals surface area contributed by atoms with E-state index in [1.807, 2.05) is 6.92 Å². The largest absolute Gasteiger partial charge is 0.436 e. The lowest BCUT2D eigenvalue weighted by Crippen LogP contribution is -2.44. The second-order valence-corrected chi connectivity index (χ2v) is 7.43. The molecule has 2 rings (SSSR count). The first-order valence-electron chi connectivity index (χ1n) is 8.59. The maximum Gasteiger partial charge on any atom is 0.332 e. The summed E-state index contributed by atoms with van der Waals surface area (Å²) in [5.41, 5.74) is 1.87. The molecule has 1 aliphatic rings. The molecule has 0 unspecified atom stereocenters. The van der Waals surface area contributed by atoms with Crippen molar-refractivity contribution in [3.8, 4) is 0 Å². The number of ether oxygens (including phenoxy) is 1. The molecule has 3 heteroatoms. The molecule has 0 radical (unpaired) electrons. The van der Waals surface area contributed by atoms with Gasteiger partial charge in [-0.05, 0) is 42.9 Å². The van der Waals surface area contributed by atoms with Gasteiger partial charge in [-0.15, -0.1) is 0 Å². The molecule has 1 aromatic carbocycles. The Hall–Kier alpha value is -1.77. The Kier molecular flexibility index (Phi) is 5.51. The first kappa shape index (κ1) is 17.6. The van der Waals surface area contributed by atoms with Crippen molar-refractivity contribution in [3.63, 3.8) is 0 Å². The molecular weight excluding hydrogens is 286 g/mol. The highest BCUT2D eigenvalue weighted by Crippen LogP contribution is 2.33. The van der Waals surface area contributed by atoms with Gasteiger partial charge in [0.05, 0.1) is 0 Å². The van der Waals surface area contributed by atoms with Crippen LogP contribution in [0.1, 0.15) is 65.4 Å². The number of hydrogen-bond acceptors (Lipinski definition) is 3. The number of rotatable bonds is 4. The van der Waals surface area contributed by atoms with Crippen LogP contribution in [0.3, 0.4) is 0 Å². The molecule has 0 saturated heterocycles. The van der Waals surface area contributed by atoms with Gasteiger partial charge in [-0.3, -0.25) is 0 Å². The third kappa shape index (κ3) is 4.85. The van der Waals surface area contributed by atoms with Gasteiger partial charge in [0.25, 0.3) is 0 Å². The molecular formula is C20H29NO2. The number of hydrogen-bond donors (Lipinski definition) is 1. The molecule has 1 saturated carbocycles. The van der Waals surface area contributed by atoms with E-state index >= 15 is 0 Å². The minimum absolute atomic E-state index is 0.138. The van der Waals surface area contributed by atoms with Gasteiger partial charge in [0.15, 0.2) is 5.72 Å². The van der Waals surface area contributed by atoms with E-state index in [4.69, 9.17) is 4.74 Å². The lowest BCUT2D eigenvalue weighted by molar-refractivity contribution is -0.153. The monoisotopic (exact) mass is 315 g/mol. The maximum absolute atomic E-state index is 11.9. The molecule has 23 heavy (non-hydrogen) atoms. The lowest BCUT2D eigenvalue weighted by Gasteiger charge is -2.38. The standard InChI is InChI=1S/C20H29NO2/c1-5-9-18(22)23-20(14-7-6-8-15-20)21-17-12-10-16(11-13-17)19(2,3)4/h5,9-13,21H,6-8,14-15H2,1-4H3/b9-5+. The van der Waals surface area contributed by atoms with Gasteiger partial charge < -0.3 is 10.1 Å². The number of carbonyl (C=O) groups excluding carboxylic acids is 1. The predicted molar refractivity (Wildman–Crippen MR) is 95.5 cm³/mol. The molecule has 0 amide bonds. The van der Waals surface area contributed by atoms with Crippen molar-refractivity contribution in [1.82, 2.24) is 0 Å². The molecule has 0 heterocycles. The number of carbonyl (C=O) groups is 1. The van der Waals surface area contributed by atoms with Crippen LogP contribution < -0.4 is 5.32 Å². The highest BCUT2D eigenvalue weighted by Gasteiger charge is 2.35. The molecule has 0 atom stereocenters. The van der Waals surface area contributed by atoms with E-state index in [9.17, 15) is 4.79 Å². The van der Waals surface area contributed by atoms with Gasteiger partial charge in [0.1, 0.15) is 0 Å². The summed E-state index contributed by atoms with van der Waals surface area (Å²) in [5.74, 6) is -0.270. The maximum atomic E-state index is 11.9. The van der Waals surface area contributed by atoms with Gasteiger partial charge in [0, 0.05) is 24.6 Å². The number of nitrogens with one attached hydrogen (secondary N) is 1. The summed E-state index contributed by atoms with van der Waals surface area (Å²) in [6.45, 7) is 8.44. The van der Waals surface area contributed by atoms with Crippen LogP contribution in [0.4, 0.5) is 5.69 Å². The molecule has 126 valence electrons. The number of benzene rings is 1. The van der Waals surface area contributed by atoms with Crippen molar-refractivity contribution < 1.29 is 9.53 Å². The Balaban J connectivity index is 2.15. The van der Waals surface area contributed by atoms with Crippen LogP contribution in [0.15, 0.2) is 36.4 Å². The molecule has 1 aromatic rings. The van der Waals surface area contributed by atoms with Gasteiger partial charge in [0.2, 0.25) is 0 Å². The number of anilines is 1. The van der Waals surface area contributed by atoms with E-state index in [1.165, 1.54) is 18.1 Å². The molecule has 0 spiro atoms. The van der Waals surface area contributed by atoms with Crippen LogP contribution in [-0.2, 0) is 14.9 Å². The normalized spacial score (nSPS) is 17.9. The smallest absolute Gasteiger partial charge is 0.332 e. The van der Waals surface area contributed by atoms with Crippen molar-refractivity contribution in [2.24, 2.45) is 0 Å². The lowest BCUT2D eigenvalue weighted by atomic mass is 9.87. The number of esters is 1. The van der Waals surface area contributed by atoms with Crippen LogP contribution in [0.2, 0.25) is 0 Å². The Morgan fingerprint density at radius 3 is 2.26 bits per heavy atom. The SMILES string of the molecule is C/C=C/C(=O)OC1(Nc2ccc(C(C)(C)C)cc2)CCCCC1. The second-order valence-electron chi connectivity index (χ2n) is 7.43. The zero-order valence-corrected chi connectivity index (χ0v) is 14.8. The molecule has 3 nitrogen and oxygen atoms in total. The van der Waals surface area contributed by atoms with E-state index in [0.29, 0.717) is 0 Å². The summed E-state index contributed by atoms with van der Waals surface area (Å²) in [5, 5.41) is 3.49. The van der Waals surface area contributed by atoms with Gasteiger partial charge in [-0.2, -0.15) is 0 Å². The first-order chi connectivity index (χ1) is 10.8. The van der Waals surface area contributed by atoms with Crippen LogP contribution >= 0.6 is 0 Å². The Bertz CT molecular complexity index is 546. The van der Waals surface area contributed by atoms with Crippen LogP contribution in [0.25, 0.3) is 0 Å². The highest BCUT2D eigenvalue weighted by atomic mass is 16.6. The fourth-order valence-electron chi connectivity index (χ4n) is 3.05. The van der Waals surface area contributed by atoms with Crippen molar-refractivity contribution in [3.05, 3.63) is 42.0 Å². The van der Waals surface area contributed by atoms with Crippen molar-refractivity contribution in [2.75, 3.05) is 5.32 Å². The Labute approximate surface area is 140 Å². The van der Waals surface area contributed by atoms with Crippen LogP contribution in [0.5, 0.6) is 0 Å². The van der Waals surface area contributed by atoms with Crippen molar-refractivity contribution in [1.29, 1.82) is 0 Å². The summed E-state index contributed by atoms with van der Waals surface area (Å²) in [7, 11) is 0. The van der Waals surface area contributed by atoms with Gasteiger partial charge in [-0.25, -0.2) is 4.79 Å². The predicted octanol–water partition coefficient (Wildman–Crippen LogP) is 5.18. The van der Waals surface area contributed by atoms with Crippen LogP contribution in [-0.4, -0.2) is 11.7 Å². The average molecular weight is 315 g/mol. The third-order valence-corrected chi connectivity index (χ3v) is 4.38. The van der Waals surface area contributed by atoms with E-state index in [0.717, 1.165) is 31.4 Å². The van der Waals surface area contributed by atoms with E-state index < -0.39 is 5.72 Å². The number of allylic oxidation sites excluding steroid dienone is 1. The van der Waals surface area contributed by atoms with Crippen molar-refractivity contribution in [2.45, 2.75) is 70.9 Å². The molecule has 1 aliphatic carbocycles. The summed E-state index contributed by atoms with van der Waals surface area (Å²) in [6, 6.07) is 8.46. The minimum atomic E-state index is -0.571. The zero-order chi connectivity index (χ0) is 16.9. The van der Waals surface area contributed by atoms with E-state index in [1.54, 1.807) is 6.08 Å². The van der Waals surface area contributed by atoms with Gasteiger partial charge >= 0.3 is 5.97 Å². The summed E-state index contributed by atoms with van der Waals surface area (Å²) >= 11 is 0. The Morgan fingerprint density at radius 2 is 1.74 bits per heavy atom. The molecule has 0 bridgehead atoms. The van der Waals surface area contributed by atoms with Crippen molar-refractivity contribution >= 4 is 11.7 Å². The summed E-state index contributed by atoms with van der Waals surface area (Å²) in [4.78, 5) is 11.9. The van der Waals surface area contributed by atoms with Gasteiger partial charge in [-0.1, -0.05) is 45.4 Å². The quantitative estimate of drug-likeness (QED) is 0.473. The average Bonchev–Trinajstić information content (AvgIpc) is 2.47. The molecule has 0 aromatic heterocycles. The molecule has 1 fully saturated rings. The fraction of sp³-hybridized carbons (Fsp3) is 0.550. The summed E-state index contributed by atoms with van der Waals surface area (Å²) < 4.78 is 5.78. The van der Waals surface area contributed by atoms with Crippen LogP contribution in [0, 0.1) is 0 Å². The van der Waals surface area contributed by atoms with E-state index in [2.05, 4.69) is 50.4 Å². The van der Waals surface area contributed by atoms with E-state index in [-0.39, 0.29) is 11.4 Å². The zero-order valence-electron chi connectivity index (χ0n) is 14.8. The fourth-order valence-corrected chi connectivity index (χ4v) is 3.05. The summed E-state index contributed by atoms with van der Waals surface area (Å²) in [6.07, 6.45) is 8.28. The minimum Gasteiger partial charge on any atom is -0.436 e.